The Hall–Kier alpha value is -2.63. The van der Waals surface area contributed by atoms with Crippen LogP contribution in [0.25, 0.3) is 6.08 Å². The third kappa shape index (κ3) is 9.25. The minimum Gasteiger partial charge on any atom is -0.444 e. The lowest BCUT2D eigenvalue weighted by Gasteiger charge is -2.25. The molecule has 0 radical (unpaired) electrons. The molecule has 2 rings (SSSR count). The van der Waals surface area contributed by atoms with Gasteiger partial charge in [-0.3, -0.25) is 4.79 Å². The Morgan fingerprint density at radius 2 is 1.72 bits per heavy atom. The molecule has 5 nitrogen and oxygen atoms in total. The van der Waals surface area contributed by atoms with E-state index < -0.39 is 17.8 Å². The highest BCUT2D eigenvalue weighted by Gasteiger charge is 2.21. The second kappa shape index (κ2) is 11.8. The van der Waals surface area contributed by atoms with Crippen molar-refractivity contribution in [3.63, 3.8) is 0 Å². The summed E-state index contributed by atoms with van der Waals surface area (Å²) >= 11 is 5.97. The first kappa shape index (κ1) is 25.6. The van der Waals surface area contributed by atoms with E-state index in [1.54, 1.807) is 40.0 Å². The lowest BCUT2D eigenvalue weighted by atomic mass is 9.95. The quantitative estimate of drug-likeness (QED) is 0.502. The second-order valence-corrected chi connectivity index (χ2v) is 9.29. The molecule has 172 valence electrons. The lowest BCUT2D eigenvalue weighted by molar-refractivity contribution is -0.117. The fraction of sp³-hybridized carbons (Fsp3) is 0.385. The number of hydrogen-bond donors (Lipinski definition) is 1. The average molecular weight is 458 g/mol. The fourth-order valence-electron chi connectivity index (χ4n) is 3.03. The molecule has 2 aromatic rings. The summed E-state index contributed by atoms with van der Waals surface area (Å²) < 4.78 is 5.31. The highest BCUT2D eigenvalue weighted by Crippen LogP contribution is 2.19. The average Bonchev–Trinajstić information content (AvgIpc) is 2.72. The number of hydrogen-bond acceptors (Lipinski definition) is 4. The summed E-state index contributed by atoms with van der Waals surface area (Å²) in [5, 5.41) is 11.1. The van der Waals surface area contributed by atoms with Gasteiger partial charge >= 0.3 is 6.09 Å². The topological polar surface area (TPSA) is 66.8 Å². The van der Waals surface area contributed by atoms with Gasteiger partial charge in [0.05, 0.1) is 6.10 Å². The summed E-state index contributed by atoms with van der Waals surface area (Å²) in [7, 11) is 1.61. The maximum atomic E-state index is 13.0. The zero-order valence-electron chi connectivity index (χ0n) is 19.2. The van der Waals surface area contributed by atoms with E-state index in [1.807, 2.05) is 48.5 Å². The molecule has 2 aromatic carbocycles. The maximum Gasteiger partial charge on any atom is 0.410 e. The van der Waals surface area contributed by atoms with Crippen molar-refractivity contribution in [2.24, 2.45) is 0 Å². The molecule has 0 aromatic heterocycles. The molecule has 1 atom stereocenters. The summed E-state index contributed by atoms with van der Waals surface area (Å²) in [5.74, 6) is -0.128. The van der Waals surface area contributed by atoms with Crippen LogP contribution in [0.5, 0.6) is 0 Å². The van der Waals surface area contributed by atoms with Gasteiger partial charge in [0.1, 0.15) is 5.60 Å². The Labute approximate surface area is 195 Å². The zero-order valence-corrected chi connectivity index (χ0v) is 19.9. The second-order valence-electron chi connectivity index (χ2n) is 8.86. The van der Waals surface area contributed by atoms with E-state index in [2.05, 4.69) is 0 Å². The number of carbonyl (C=O) groups is 2. The number of Topliss-reactive ketones (excluding diaryl/α,β-unsaturated/α-hetero) is 1. The van der Waals surface area contributed by atoms with Crippen LogP contribution in [0.15, 0.2) is 60.2 Å². The van der Waals surface area contributed by atoms with Crippen molar-refractivity contribution >= 4 is 29.6 Å². The Kier molecular flexibility index (Phi) is 9.48. The van der Waals surface area contributed by atoms with Gasteiger partial charge in [-0.2, -0.15) is 0 Å². The van der Waals surface area contributed by atoms with Gasteiger partial charge in [0, 0.05) is 37.0 Å². The zero-order chi connectivity index (χ0) is 23.7. The van der Waals surface area contributed by atoms with Crippen LogP contribution in [0.3, 0.4) is 0 Å². The van der Waals surface area contributed by atoms with Crippen molar-refractivity contribution in [2.45, 2.75) is 51.7 Å². The standard InChI is InChI=1S/C26H32ClNO4/c1-26(2,3)32-25(31)28(4)15-14-23(29)18-24(30)21(16-19-8-6-5-7-9-19)17-20-10-12-22(27)13-11-20/h5-13,17,23,29H,14-16,18H2,1-4H3/b21-17+. The van der Waals surface area contributed by atoms with Gasteiger partial charge in [-0.1, -0.05) is 54.1 Å². The van der Waals surface area contributed by atoms with Crippen LogP contribution >= 0.6 is 11.6 Å². The molecule has 0 heterocycles. The van der Waals surface area contributed by atoms with E-state index in [1.165, 1.54) is 4.90 Å². The first-order valence-electron chi connectivity index (χ1n) is 10.7. The minimum atomic E-state index is -0.864. The minimum absolute atomic E-state index is 0.0194. The largest absolute Gasteiger partial charge is 0.444 e. The monoisotopic (exact) mass is 457 g/mol. The maximum absolute atomic E-state index is 13.0. The Bertz CT molecular complexity index is 917. The fourth-order valence-corrected chi connectivity index (χ4v) is 3.15. The molecule has 0 saturated heterocycles. The molecule has 0 aliphatic carbocycles. The summed E-state index contributed by atoms with van der Waals surface area (Å²) in [5.41, 5.74) is 1.91. The molecule has 0 aliphatic rings. The summed E-state index contributed by atoms with van der Waals surface area (Å²) in [4.78, 5) is 26.5. The first-order chi connectivity index (χ1) is 15.0. The number of aliphatic hydroxyl groups is 1. The molecule has 32 heavy (non-hydrogen) atoms. The van der Waals surface area contributed by atoms with Gasteiger partial charge in [-0.05, 0) is 56.5 Å². The van der Waals surface area contributed by atoms with Gasteiger partial charge in [0.15, 0.2) is 5.78 Å². The van der Waals surface area contributed by atoms with Crippen LogP contribution in [0.2, 0.25) is 5.02 Å². The number of benzene rings is 2. The van der Waals surface area contributed by atoms with Crippen molar-refractivity contribution in [3.8, 4) is 0 Å². The molecule has 6 heteroatoms. The van der Waals surface area contributed by atoms with Crippen LogP contribution in [-0.4, -0.2) is 47.2 Å². The summed E-state index contributed by atoms with van der Waals surface area (Å²) in [6, 6.07) is 17.0. The van der Waals surface area contributed by atoms with Crippen molar-refractivity contribution in [1.29, 1.82) is 0 Å². The molecular formula is C26H32ClNO4. The van der Waals surface area contributed by atoms with E-state index in [4.69, 9.17) is 16.3 Å². The number of aliphatic hydroxyl groups excluding tert-OH is 1. The van der Waals surface area contributed by atoms with Gasteiger partial charge in [0.2, 0.25) is 0 Å². The Morgan fingerprint density at radius 1 is 1.09 bits per heavy atom. The van der Waals surface area contributed by atoms with Crippen LogP contribution in [0, 0.1) is 0 Å². The molecule has 1 amide bonds. The highest BCUT2D eigenvalue weighted by atomic mass is 35.5. The van der Waals surface area contributed by atoms with Crippen molar-refractivity contribution in [1.82, 2.24) is 4.90 Å². The van der Waals surface area contributed by atoms with Crippen molar-refractivity contribution in [2.75, 3.05) is 13.6 Å². The van der Waals surface area contributed by atoms with E-state index in [0.29, 0.717) is 17.0 Å². The number of nitrogens with zero attached hydrogens (tertiary/aromatic N) is 1. The van der Waals surface area contributed by atoms with E-state index >= 15 is 0 Å². The third-order valence-electron chi connectivity index (χ3n) is 4.73. The van der Waals surface area contributed by atoms with Crippen LogP contribution in [0.1, 0.15) is 44.7 Å². The Balaban J connectivity index is 2.03. The van der Waals surface area contributed by atoms with E-state index in [0.717, 1.165) is 11.1 Å². The number of ketones is 1. The van der Waals surface area contributed by atoms with Gasteiger partial charge in [-0.15, -0.1) is 0 Å². The predicted octanol–water partition coefficient (Wildman–Crippen LogP) is 5.54. The molecule has 0 spiro atoms. The Morgan fingerprint density at radius 3 is 2.31 bits per heavy atom. The molecule has 0 saturated carbocycles. The van der Waals surface area contributed by atoms with Gasteiger partial charge in [0.25, 0.3) is 0 Å². The van der Waals surface area contributed by atoms with Gasteiger partial charge in [-0.25, -0.2) is 4.79 Å². The van der Waals surface area contributed by atoms with Crippen molar-refractivity contribution in [3.05, 3.63) is 76.3 Å². The smallest absolute Gasteiger partial charge is 0.410 e. The van der Waals surface area contributed by atoms with E-state index in [-0.39, 0.29) is 25.2 Å². The number of rotatable bonds is 9. The lowest BCUT2D eigenvalue weighted by Crippen LogP contribution is -2.36. The predicted molar refractivity (Wildman–Crippen MR) is 129 cm³/mol. The van der Waals surface area contributed by atoms with Crippen LogP contribution in [0.4, 0.5) is 4.79 Å². The number of amides is 1. The highest BCUT2D eigenvalue weighted by molar-refractivity contribution is 6.30. The number of allylic oxidation sites excluding steroid dienone is 1. The molecule has 1 unspecified atom stereocenters. The normalized spacial score (nSPS) is 12.9. The van der Waals surface area contributed by atoms with E-state index in [9.17, 15) is 14.7 Å². The van der Waals surface area contributed by atoms with Crippen LogP contribution in [-0.2, 0) is 16.0 Å². The third-order valence-corrected chi connectivity index (χ3v) is 4.98. The van der Waals surface area contributed by atoms with Crippen LogP contribution < -0.4 is 0 Å². The number of halogens is 1. The molecule has 1 N–H and O–H groups in total. The summed E-state index contributed by atoms with van der Waals surface area (Å²) in [6.07, 6.45) is 1.24. The molecule has 0 fully saturated rings. The molecule has 0 aliphatic heterocycles. The molecule has 0 bridgehead atoms. The number of ether oxygens (including phenoxy) is 1. The molecular weight excluding hydrogens is 426 g/mol. The number of carbonyl (C=O) groups excluding carboxylic acids is 2. The first-order valence-corrected chi connectivity index (χ1v) is 11.1. The SMILES string of the molecule is CN(CCC(O)CC(=O)/C(=C/c1ccc(Cl)cc1)Cc1ccccc1)C(=O)OC(C)(C)C. The van der Waals surface area contributed by atoms with Gasteiger partial charge < -0.3 is 14.7 Å². The van der Waals surface area contributed by atoms with Crippen molar-refractivity contribution < 1.29 is 19.4 Å². The summed E-state index contributed by atoms with van der Waals surface area (Å²) in [6.45, 7) is 5.69.